The van der Waals surface area contributed by atoms with Gasteiger partial charge in [0.05, 0.1) is 16.5 Å². The number of nitro groups is 1. The monoisotopic (exact) mass is 390 g/mol. The highest BCUT2D eigenvalue weighted by Crippen LogP contribution is 2.40. The van der Waals surface area contributed by atoms with Gasteiger partial charge in [0.15, 0.2) is 5.78 Å². The lowest BCUT2D eigenvalue weighted by Crippen LogP contribution is -2.37. The van der Waals surface area contributed by atoms with Crippen molar-refractivity contribution < 1.29 is 22.9 Å². The van der Waals surface area contributed by atoms with Crippen LogP contribution in [0.15, 0.2) is 60.3 Å². The fraction of sp³-hybridized carbons (Fsp3) is 0.250. The minimum Gasteiger partial charge on any atom is -0.339 e. The maximum atomic E-state index is 12.9. The molecule has 0 aromatic heterocycles. The molecule has 2 atom stereocenters. The summed E-state index contributed by atoms with van der Waals surface area (Å²) in [6, 6.07) is 10.0. The Kier molecular flexibility index (Phi) is 4.97. The molecule has 0 N–H and O–H groups in total. The van der Waals surface area contributed by atoms with E-state index in [0.717, 1.165) is 12.1 Å². The molecule has 0 fully saturated rings. The summed E-state index contributed by atoms with van der Waals surface area (Å²) in [4.78, 5) is 24.6. The molecule has 2 aromatic carbocycles. The maximum Gasteiger partial charge on any atom is 0.416 e. The predicted molar refractivity (Wildman–Crippen MR) is 97.7 cm³/mol. The van der Waals surface area contributed by atoms with Gasteiger partial charge in [-0.1, -0.05) is 19.1 Å². The Morgan fingerprint density at radius 1 is 1.04 bits per heavy atom. The normalized spacial score (nSPS) is 20.1. The number of carbonyl (C=O) groups is 1. The van der Waals surface area contributed by atoms with E-state index < -0.39 is 28.6 Å². The predicted octanol–water partition coefficient (Wildman–Crippen LogP) is 5.28. The summed E-state index contributed by atoms with van der Waals surface area (Å²) in [7, 11) is 0. The third kappa shape index (κ3) is 3.62. The van der Waals surface area contributed by atoms with Gasteiger partial charge < -0.3 is 4.90 Å². The van der Waals surface area contributed by atoms with Gasteiger partial charge in [-0.25, -0.2) is 0 Å². The lowest BCUT2D eigenvalue weighted by atomic mass is 9.84. The molecule has 0 saturated carbocycles. The van der Waals surface area contributed by atoms with Crippen LogP contribution in [0.5, 0.6) is 0 Å². The van der Waals surface area contributed by atoms with Crippen LogP contribution in [0.1, 0.15) is 31.0 Å². The van der Waals surface area contributed by atoms with E-state index in [1.54, 1.807) is 37.1 Å². The molecule has 0 unspecified atom stereocenters. The highest BCUT2D eigenvalue weighted by Gasteiger charge is 2.36. The van der Waals surface area contributed by atoms with E-state index in [4.69, 9.17) is 0 Å². The van der Waals surface area contributed by atoms with Crippen molar-refractivity contribution in [2.24, 2.45) is 5.92 Å². The Bertz CT molecular complexity index is 935. The second kappa shape index (κ2) is 7.10. The van der Waals surface area contributed by atoms with Gasteiger partial charge in [0.1, 0.15) is 0 Å². The highest BCUT2D eigenvalue weighted by molar-refractivity contribution is 5.99. The van der Waals surface area contributed by atoms with Gasteiger partial charge in [0.25, 0.3) is 5.69 Å². The topological polar surface area (TPSA) is 63.4 Å². The van der Waals surface area contributed by atoms with Gasteiger partial charge >= 0.3 is 6.18 Å². The first-order chi connectivity index (χ1) is 13.1. The van der Waals surface area contributed by atoms with Gasteiger partial charge in [-0.2, -0.15) is 13.2 Å². The zero-order chi connectivity index (χ0) is 20.6. The van der Waals surface area contributed by atoms with Crippen molar-refractivity contribution >= 4 is 17.2 Å². The van der Waals surface area contributed by atoms with Crippen LogP contribution in [0.3, 0.4) is 0 Å². The lowest BCUT2D eigenvalue weighted by Gasteiger charge is -2.38. The van der Waals surface area contributed by atoms with Crippen LogP contribution in [-0.2, 0) is 11.0 Å². The molecule has 0 amide bonds. The fourth-order valence-electron chi connectivity index (χ4n) is 3.40. The second-order valence-corrected chi connectivity index (χ2v) is 6.71. The molecule has 0 radical (unpaired) electrons. The molecule has 1 heterocycles. The number of Topliss-reactive ketones (excluding diaryl/α,β-unsaturated/α-hetero) is 1. The van der Waals surface area contributed by atoms with Crippen molar-refractivity contribution in [1.82, 2.24) is 0 Å². The Morgan fingerprint density at radius 3 is 2.11 bits per heavy atom. The minimum atomic E-state index is -4.44. The lowest BCUT2D eigenvalue weighted by molar-refractivity contribution is -0.384. The Hall–Kier alpha value is -3.16. The molecule has 8 heteroatoms. The van der Waals surface area contributed by atoms with Crippen molar-refractivity contribution in [1.29, 1.82) is 0 Å². The van der Waals surface area contributed by atoms with Crippen LogP contribution in [0.4, 0.5) is 24.5 Å². The van der Waals surface area contributed by atoms with Crippen LogP contribution in [0.2, 0.25) is 0 Å². The number of ketones is 1. The number of hydrogen-bond donors (Lipinski definition) is 0. The van der Waals surface area contributed by atoms with Gasteiger partial charge in [-0.05, 0) is 36.8 Å². The minimum absolute atomic E-state index is 0.0725. The number of alkyl halides is 3. The van der Waals surface area contributed by atoms with Crippen molar-refractivity contribution in [2.45, 2.75) is 26.1 Å². The van der Waals surface area contributed by atoms with Crippen LogP contribution >= 0.6 is 0 Å². The quantitative estimate of drug-likeness (QED) is 0.528. The molecule has 0 bridgehead atoms. The Morgan fingerprint density at radius 2 is 1.61 bits per heavy atom. The van der Waals surface area contributed by atoms with Crippen molar-refractivity contribution in [3.05, 3.63) is 81.5 Å². The van der Waals surface area contributed by atoms with E-state index in [1.807, 2.05) is 0 Å². The zero-order valence-corrected chi connectivity index (χ0v) is 15.1. The van der Waals surface area contributed by atoms with E-state index >= 15 is 0 Å². The van der Waals surface area contributed by atoms with Crippen LogP contribution < -0.4 is 4.90 Å². The first kappa shape index (κ1) is 19.6. The van der Waals surface area contributed by atoms with E-state index in [1.165, 1.54) is 24.3 Å². The summed E-state index contributed by atoms with van der Waals surface area (Å²) in [6.45, 7) is 3.39. The molecule has 1 aliphatic rings. The third-order valence-corrected chi connectivity index (χ3v) is 4.85. The first-order valence-corrected chi connectivity index (χ1v) is 8.52. The molecule has 146 valence electrons. The Balaban J connectivity index is 2.05. The second-order valence-electron chi connectivity index (χ2n) is 6.71. The number of carbonyl (C=O) groups excluding carboxylic acids is 1. The number of nitro benzene ring substituents is 1. The summed E-state index contributed by atoms with van der Waals surface area (Å²) in [5.41, 5.74) is 0.829. The maximum absolute atomic E-state index is 12.9. The van der Waals surface area contributed by atoms with Gasteiger partial charge in [-0.15, -0.1) is 0 Å². The number of halogens is 3. The molecule has 0 saturated heterocycles. The zero-order valence-electron chi connectivity index (χ0n) is 15.1. The van der Waals surface area contributed by atoms with Gasteiger partial charge in [0, 0.05) is 35.5 Å². The van der Waals surface area contributed by atoms with Crippen LogP contribution in [-0.4, -0.2) is 10.7 Å². The first-order valence-electron chi connectivity index (χ1n) is 8.52. The standard InChI is InChI=1S/C20H17F3N2O3/c1-12-11-24(16-7-9-17(10-8-16)25(27)28)18(13(2)19(12)26)14-3-5-15(6-4-14)20(21,22)23/h3-11,13,18H,1-2H3/t13-,18+/m1/s1. The van der Waals surface area contributed by atoms with Gasteiger partial charge in [0.2, 0.25) is 0 Å². The molecule has 5 nitrogen and oxygen atoms in total. The molecule has 2 aromatic rings. The molecule has 28 heavy (non-hydrogen) atoms. The number of nitrogens with zero attached hydrogens (tertiary/aromatic N) is 2. The fourth-order valence-corrected chi connectivity index (χ4v) is 3.40. The molecular formula is C20H17F3N2O3. The number of allylic oxidation sites excluding steroid dienone is 1. The number of non-ortho nitro benzene ring substituents is 1. The summed E-state index contributed by atoms with van der Waals surface area (Å²) in [5.74, 6) is -0.597. The van der Waals surface area contributed by atoms with Gasteiger partial charge in [-0.3, -0.25) is 14.9 Å². The summed E-state index contributed by atoms with van der Waals surface area (Å²) in [6.07, 6.45) is -2.81. The highest BCUT2D eigenvalue weighted by atomic mass is 19.4. The van der Waals surface area contributed by atoms with Crippen LogP contribution in [0, 0.1) is 16.0 Å². The van der Waals surface area contributed by atoms with Crippen LogP contribution in [0.25, 0.3) is 0 Å². The van der Waals surface area contributed by atoms with E-state index in [2.05, 4.69) is 0 Å². The summed E-state index contributed by atoms with van der Waals surface area (Å²) < 4.78 is 38.6. The van der Waals surface area contributed by atoms with E-state index in [0.29, 0.717) is 16.8 Å². The number of anilines is 1. The number of hydrogen-bond acceptors (Lipinski definition) is 4. The molecule has 1 aliphatic heterocycles. The smallest absolute Gasteiger partial charge is 0.339 e. The van der Waals surface area contributed by atoms with E-state index in [-0.39, 0.29) is 11.5 Å². The largest absolute Gasteiger partial charge is 0.416 e. The SMILES string of the molecule is CC1=CN(c2ccc([N+](=O)[O-])cc2)[C@H](c2ccc(C(F)(F)F)cc2)[C@@H](C)C1=O. The average molecular weight is 390 g/mol. The molecule has 0 spiro atoms. The molecule has 0 aliphatic carbocycles. The summed E-state index contributed by atoms with van der Waals surface area (Å²) in [5, 5.41) is 10.9. The molecule has 3 rings (SSSR count). The molecular weight excluding hydrogens is 373 g/mol. The van der Waals surface area contributed by atoms with Crippen molar-refractivity contribution in [3.8, 4) is 0 Å². The van der Waals surface area contributed by atoms with Crippen molar-refractivity contribution in [2.75, 3.05) is 4.90 Å². The van der Waals surface area contributed by atoms with Crippen molar-refractivity contribution in [3.63, 3.8) is 0 Å². The summed E-state index contributed by atoms with van der Waals surface area (Å²) >= 11 is 0. The van der Waals surface area contributed by atoms with E-state index in [9.17, 15) is 28.1 Å². The third-order valence-electron chi connectivity index (χ3n) is 4.85. The average Bonchev–Trinajstić information content (AvgIpc) is 2.65. The number of rotatable bonds is 3. The Labute approximate surface area is 159 Å². The number of benzene rings is 2.